The molecule has 30 heavy (non-hydrogen) atoms. The zero-order valence-corrected chi connectivity index (χ0v) is 19.4. The van der Waals surface area contributed by atoms with Crippen molar-refractivity contribution in [3.8, 4) is 17.2 Å². The molecular formula is C21H23BrN4O3S. The molecule has 0 spiro atoms. The van der Waals surface area contributed by atoms with E-state index in [1.54, 1.807) is 7.05 Å². The summed E-state index contributed by atoms with van der Waals surface area (Å²) in [4.78, 5) is 12.0. The molecule has 0 saturated heterocycles. The summed E-state index contributed by atoms with van der Waals surface area (Å²) in [6.45, 7) is 4.61. The fraction of sp³-hybridized carbons (Fsp3) is 0.286. The molecule has 0 aliphatic carbocycles. The number of rotatable bonds is 9. The second-order valence-corrected chi connectivity index (χ2v) is 8.50. The second-order valence-electron chi connectivity index (χ2n) is 6.28. The van der Waals surface area contributed by atoms with E-state index >= 15 is 0 Å². The number of carbonyl (C=O) groups is 1. The molecule has 1 atom stereocenters. The molecule has 1 N–H and O–H groups in total. The number of hydrogen-bond donors (Lipinski definition) is 1. The lowest BCUT2D eigenvalue weighted by Crippen LogP contribution is -2.27. The molecule has 158 valence electrons. The molecule has 0 aliphatic rings. The average Bonchev–Trinajstić information content (AvgIpc) is 3.15. The molecule has 1 amide bonds. The third-order valence-corrected chi connectivity index (χ3v) is 5.76. The Morgan fingerprint density at radius 2 is 1.73 bits per heavy atom. The van der Waals surface area contributed by atoms with Crippen molar-refractivity contribution in [1.29, 1.82) is 0 Å². The van der Waals surface area contributed by atoms with Crippen molar-refractivity contribution < 1.29 is 14.3 Å². The summed E-state index contributed by atoms with van der Waals surface area (Å²) in [7, 11) is 1.62. The third kappa shape index (κ3) is 5.54. The first-order valence-electron chi connectivity index (χ1n) is 9.46. The van der Waals surface area contributed by atoms with Crippen LogP contribution in [0.5, 0.6) is 11.5 Å². The van der Waals surface area contributed by atoms with E-state index in [4.69, 9.17) is 9.47 Å². The van der Waals surface area contributed by atoms with Crippen LogP contribution >= 0.6 is 27.7 Å². The van der Waals surface area contributed by atoms with Crippen LogP contribution in [0.1, 0.15) is 19.7 Å². The summed E-state index contributed by atoms with van der Waals surface area (Å²) in [6, 6.07) is 15.3. The van der Waals surface area contributed by atoms with Crippen LogP contribution in [-0.2, 0) is 11.4 Å². The lowest BCUT2D eigenvalue weighted by atomic mass is 10.3. The summed E-state index contributed by atoms with van der Waals surface area (Å²) in [5, 5.41) is 11.6. The number of hydrogen-bond acceptors (Lipinski definition) is 6. The molecule has 1 aromatic heterocycles. The average molecular weight is 491 g/mol. The maximum Gasteiger partial charge on any atom is 0.233 e. The first kappa shape index (κ1) is 22.2. The fourth-order valence-corrected chi connectivity index (χ4v) is 3.89. The highest BCUT2D eigenvalue weighted by Crippen LogP contribution is 2.27. The zero-order valence-electron chi connectivity index (χ0n) is 17.0. The monoisotopic (exact) mass is 490 g/mol. The Bertz CT molecular complexity index is 977. The fourth-order valence-electron chi connectivity index (χ4n) is 2.68. The molecule has 7 nitrogen and oxygen atoms in total. The van der Waals surface area contributed by atoms with Crippen molar-refractivity contribution in [2.75, 3.05) is 13.7 Å². The maximum absolute atomic E-state index is 12.0. The summed E-state index contributed by atoms with van der Waals surface area (Å²) in [5.41, 5.74) is 0.865. The van der Waals surface area contributed by atoms with Crippen molar-refractivity contribution in [1.82, 2.24) is 20.1 Å². The van der Waals surface area contributed by atoms with Crippen LogP contribution in [0, 0.1) is 0 Å². The number of benzene rings is 2. The quantitative estimate of drug-likeness (QED) is 0.452. The van der Waals surface area contributed by atoms with Crippen LogP contribution in [-0.4, -0.2) is 39.6 Å². The van der Waals surface area contributed by atoms with Gasteiger partial charge in [-0.15, -0.1) is 10.2 Å². The number of ether oxygens (including phenoxy) is 2. The summed E-state index contributed by atoms with van der Waals surface area (Å²) >= 11 is 4.76. The van der Waals surface area contributed by atoms with E-state index in [1.807, 2.05) is 66.9 Å². The van der Waals surface area contributed by atoms with Crippen molar-refractivity contribution >= 4 is 33.6 Å². The van der Waals surface area contributed by atoms with E-state index in [0.29, 0.717) is 17.6 Å². The molecule has 0 saturated carbocycles. The molecule has 3 rings (SSSR count). The zero-order chi connectivity index (χ0) is 21.5. The van der Waals surface area contributed by atoms with Crippen LogP contribution < -0.4 is 14.8 Å². The van der Waals surface area contributed by atoms with Crippen molar-refractivity contribution in [2.45, 2.75) is 30.9 Å². The molecule has 2 aromatic carbocycles. The molecule has 9 heteroatoms. The van der Waals surface area contributed by atoms with E-state index in [-0.39, 0.29) is 17.8 Å². The summed E-state index contributed by atoms with van der Waals surface area (Å²) in [5.74, 6) is 2.07. The van der Waals surface area contributed by atoms with E-state index in [2.05, 4.69) is 31.4 Å². The van der Waals surface area contributed by atoms with Gasteiger partial charge in [0.1, 0.15) is 18.1 Å². The Balaban J connectivity index is 1.89. The Hall–Kier alpha value is -2.52. The molecule has 0 radical (unpaired) electrons. The molecule has 0 aliphatic heterocycles. The van der Waals surface area contributed by atoms with Gasteiger partial charge in [0.2, 0.25) is 5.91 Å². The lowest BCUT2D eigenvalue weighted by Gasteiger charge is -2.14. The highest BCUT2D eigenvalue weighted by molar-refractivity contribution is 9.10. The predicted octanol–water partition coefficient (Wildman–Crippen LogP) is 4.23. The minimum absolute atomic E-state index is 0.0751. The Labute approximate surface area is 188 Å². The standard InChI is InChI=1S/C21H23BrN4O3S/c1-4-28-17-11-7-16(8-12-17)26-19(13-29-18-9-5-15(22)6-10-18)24-25-21(26)30-14(2)20(27)23-3/h5-12,14H,4,13H2,1-3H3,(H,23,27). The molecule has 0 fully saturated rings. The largest absolute Gasteiger partial charge is 0.494 e. The maximum atomic E-state index is 12.0. The first-order chi connectivity index (χ1) is 14.5. The number of amides is 1. The minimum Gasteiger partial charge on any atom is -0.494 e. The van der Waals surface area contributed by atoms with Crippen LogP contribution in [0.25, 0.3) is 5.69 Å². The highest BCUT2D eigenvalue weighted by Gasteiger charge is 2.21. The highest BCUT2D eigenvalue weighted by atomic mass is 79.9. The molecule has 1 heterocycles. The van der Waals surface area contributed by atoms with Gasteiger partial charge >= 0.3 is 0 Å². The van der Waals surface area contributed by atoms with Crippen molar-refractivity contribution in [3.05, 3.63) is 58.8 Å². The molecule has 0 bridgehead atoms. The van der Waals surface area contributed by atoms with Gasteiger partial charge in [-0.05, 0) is 62.4 Å². The van der Waals surface area contributed by atoms with Gasteiger partial charge in [-0.25, -0.2) is 0 Å². The van der Waals surface area contributed by atoms with Gasteiger partial charge in [0.15, 0.2) is 11.0 Å². The number of halogens is 1. The Morgan fingerprint density at radius 3 is 2.37 bits per heavy atom. The lowest BCUT2D eigenvalue weighted by molar-refractivity contribution is -0.119. The number of carbonyl (C=O) groups excluding carboxylic acids is 1. The van der Waals surface area contributed by atoms with Crippen LogP contribution in [0.3, 0.4) is 0 Å². The third-order valence-electron chi connectivity index (χ3n) is 4.19. The van der Waals surface area contributed by atoms with Crippen molar-refractivity contribution in [2.24, 2.45) is 0 Å². The van der Waals surface area contributed by atoms with Gasteiger partial charge in [0, 0.05) is 17.2 Å². The van der Waals surface area contributed by atoms with Crippen LogP contribution in [0.2, 0.25) is 0 Å². The summed E-state index contributed by atoms with van der Waals surface area (Å²) < 4.78 is 14.3. The van der Waals surface area contributed by atoms with E-state index in [0.717, 1.165) is 21.7 Å². The van der Waals surface area contributed by atoms with Gasteiger partial charge in [0.25, 0.3) is 0 Å². The number of aromatic nitrogens is 3. The van der Waals surface area contributed by atoms with Crippen molar-refractivity contribution in [3.63, 3.8) is 0 Å². The van der Waals surface area contributed by atoms with E-state index < -0.39 is 0 Å². The van der Waals surface area contributed by atoms with Gasteiger partial charge in [0.05, 0.1) is 11.9 Å². The number of thioether (sulfide) groups is 1. The molecule has 1 unspecified atom stereocenters. The second kappa shape index (κ2) is 10.5. The smallest absolute Gasteiger partial charge is 0.233 e. The van der Waals surface area contributed by atoms with Crippen LogP contribution in [0.4, 0.5) is 0 Å². The van der Waals surface area contributed by atoms with Gasteiger partial charge < -0.3 is 14.8 Å². The molecule has 3 aromatic rings. The number of nitrogens with zero attached hydrogens (tertiary/aromatic N) is 3. The first-order valence-corrected chi connectivity index (χ1v) is 11.1. The van der Waals surface area contributed by atoms with E-state index in [1.165, 1.54) is 11.8 Å². The molecular weight excluding hydrogens is 468 g/mol. The Kier molecular flexibility index (Phi) is 7.75. The van der Waals surface area contributed by atoms with Gasteiger partial charge in [-0.3, -0.25) is 9.36 Å². The topological polar surface area (TPSA) is 78.3 Å². The minimum atomic E-state index is -0.319. The van der Waals surface area contributed by atoms with E-state index in [9.17, 15) is 4.79 Å². The SMILES string of the molecule is CCOc1ccc(-n2c(COc3ccc(Br)cc3)nnc2SC(C)C(=O)NC)cc1. The predicted molar refractivity (Wildman–Crippen MR) is 120 cm³/mol. The van der Waals surface area contributed by atoms with Crippen LogP contribution in [0.15, 0.2) is 58.2 Å². The summed E-state index contributed by atoms with van der Waals surface area (Å²) in [6.07, 6.45) is 0. The number of nitrogens with one attached hydrogen (secondary N) is 1. The normalized spacial score (nSPS) is 11.7. The Morgan fingerprint density at radius 1 is 1.10 bits per heavy atom. The van der Waals surface area contributed by atoms with Gasteiger partial charge in [-0.2, -0.15) is 0 Å². The van der Waals surface area contributed by atoms with Gasteiger partial charge in [-0.1, -0.05) is 27.7 Å².